The van der Waals surface area contributed by atoms with Crippen LogP contribution in [-0.2, 0) is 6.54 Å². The number of piperidine rings is 1. The summed E-state index contributed by atoms with van der Waals surface area (Å²) in [5.41, 5.74) is 2.28. The molecule has 2 heterocycles. The Bertz CT molecular complexity index is 1040. The number of rotatable bonds is 5. The van der Waals surface area contributed by atoms with E-state index in [0.717, 1.165) is 36.5 Å². The van der Waals surface area contributed by atoms with E-state index in [1.165, 1.54) is 19.3 Å². The van der Waals surface area contributed by atoms with Gasteiger partial charge in [0, 0.05) is 30.9 Å². The maximum atomic E-state index is 12.4. The Morgan fingerprint density at radius 1 is 1.07 bits per heavy atom. The maximum Gasteiger partial charge on any atom is 0.292 e. The van der Waals surface area contributed by atoms with Crippen LogP contribution in [0.3, 0.4) is 0 Å². The number of hydrogen-bond acceptors (Lipinski definition) is 8. The molecule has 0 unspecified atom stereocenters. The van der Waals surface area contributed by atoms with Crippen molar-refractivity contribution < 1.29 is 24.6 Å². The third kappa shape index (κ3) is 4.14. The summed E-state index contributed by atoms with van der Waals surface area (Å²) in [7, 11) is 0. The van der Waals surface area contributed by atoms with E-state index in [9.17, 15) is 20.1 Å². The van der Waals surface area contributed by atoms with Gasteiger partial charge in [0.25, 0.3) is 17.6 Å². The molecule has 1 aliphatic heterocycles. The molecule has 0 atom stereocenters. The van der Waals surface area contributed by atoms with Gasteiger partial charge in [0.2, 0.25) is 0 Å². The standard InChI is InChI=1S/C21H22N4O5/c26-16-10-14(11-17(27)18(16)28)21-23-19(24-30-21)20(29)22-12-13-5-4-6-15(9-13)25-7-2-1-3-8-25/h4-6,9-11,26-28H,1-3,7-8,12H2,(H,22,29). The van der Waals surface area contributed by atoms with Crippen molar-refractivity contribution in [2.45, 2.75) is 25.8 Å². The summed E-state index contributed by atoms with van der Waals surface area (Å²) in [6.45, 7) is 2.40. The first-order chi connectivity index (χ1) is 14.5. The lowest BCUT2D eigenvalue weighted by Gasteiger charge is -2.29. The monoisotopic (exact) mass is 410 g/mol. The van der Waals surface area contributed by atoms with Gasteiger partial charge < -0.3 is 30.1 Å². The Morgan fingerprint density at radius 2 is 1.80 bits per heavy atom. The zero-order chi connectivity index (χ0) is 21.1. The first-order valence-corrected chi connectivity index (χ1v) is 9.72. The molecule has 0 saturated carbocycles. The largest absolute Gasteiger partial charge is 0.504 e. The highest BCUT2D eigenvalue weighted by Crippen LogP contribution is 2.38. The van der Waals surface area contributed by atoms with Gasteiger partial charge in [-0.1, -0.05) is 17.3 Å². The Balaban J connectivity index is 1.42. The predicted molar refractivity (Wildman–Crippen MR) is 108 cm³/mol. The molecule has 0 aliphatic carbocycles. The lowest BCUT2D eigenvalue weighted by Crippen LogP contribution is -2.29. The van der Waals surface area contributed by atoms with Gasteiger partial charge in [0.05, 0.1) is 0 Å². The minimum Gasteiger partial charge on any atom is -0.504 e. The van der Waals surface area contributed by atoms with Gasteiger partial charge in [-0.25, -0.2) is 0 Å². The summed E-state index contributed by atoms with van der Waals surface area (Å²) in [5.74, 6) is -2.49. The van der Waals surface area contributed by atoms with Crippen molar-refractivity contribution >= 4 is 11.6 Å². The number of amides is 1. The number of benzene rings is 2. The summed E-state index contributed by atoms with van der Waals surface area (Å²) in [5, 5.41) is 35.0. The van der Waals surface area contributed by atoms with Crippen LogP contribution in [0.25, 0.3) is 11.5 Å². The SMILES string of the molecule is O=C(NCc1cccc(N2CCCCC2)c1)c1noc(-c2cc(O)c(O)c(O)c2)n1. The number of carbonyl (C=O) groups is 1. The van der Waals surface area contributed by atoms with Crippen LogP contribution in [0.1, 0.15) is 35.4 Å². The third-order valence-corrected chi connectivity index (χ3v) is 5.03. The fourth-order valence-corrected chi connectivity index (χ4v) is 3.44. The maximum absolute atomic E-state index is 12.4. The Morgan fingerprint density at radius 3 is 2.53 bits per heavy atom. The number of aromatic hydroxyl groups is 3. The first-order valence-electron chi connectivity index (χ1n) is 9.72. The minimum absolute atomic E-state index is 0.0714. The van der Waals surface area contributed by atoms with Gasteiger partial charge in [-0.15, -0.1) is 0 Å². The van der Waals surface area contributed by atoms with E-state index in [1.807, 2.05) is 12.1 Å². The van der Waals surface area contributed by atoms with E-state index in [1.54, 1.807) is 0 Å². The van der Waals surface area contributed by atoms with Crippen molar-refractivity contribution in [1.29, 1.82) is 0 Å². The molecular formula is C21H22N4O5. The highest BCUT2D eigenvalue weighted by molar-refractivity contribution is 5.90. The predicted octanol–water partition coefficient (Wildman–Crippen LogP) is 2.77. The van der Waals surface area contributed by atoms with Crippen LogP contribution in [0.5, 0.6) is 17.2 Å². The number of aromatic nitrogens is 2. The lowest BCUT2D eigenvalue weighted by atomic mass is 10.1. The van der Waals surface area contributed by atoms with E-state index in [-0.39, 0.29) is 17.3 Å². The second-order valence-corrected chi connectivity index (χ2v) is 7.19. The molecule has 9 heteroatoms. The lowest BCUT2D eigenvalue weighted by molar-refractivity contribution is 0.0937. The quantitative estimate of drug-likeness (QED) is 0.472. The molecule has 4 rings (SSSR count). The summed E-state index contributed by atoms with van der Waals surface area (Å²) < 4.78 is 5.04. The van der Waals surface area contributed by atoms with Crippen LogP contribution in [0.4, 0.5) is 5.69 Å². The fraction of sp³-hybridized carbons (Fsp3) is 0.286. The highest BCUT2D eigenvalue weighted by atomic mass is 16.5. The van der Waals surface area contributed by atoms with Crippen molar-refractivity contribution in [2.24, 2.45) is 0 Å². The number of nitrogens with zero attached hydrogens (tertiary/aromatic N) is 3. The molecule has 3 aromatic rings. The Hall–Kier alpha value is -3.75. The number of phenolic OH excluding ortho intramolecular Hbond substituents is 3. The van der Waals surface area contributed by atoms with Crippen LogP contribution < -0.4 is 10.2 Å². The Labute approximate surface area is 172 Å². The molecule has 9 nitrogen and oxygen atoms in total. The molecule has 1 amide bonds. The van der Waals surface area contributed by atoms with Crippen molar-refractivity contribution in [1.82, 2.24) is 15.5 Å². The molecular weight excluding hydrogens is 388 g/mol. The van der Waals surface area contributed by atoms with Gasteiger partial charge >= 0.3 is 0 Å². The van der Waals surface area contributed by atoms with Crippen molar-refractivity contribution in [3.05, 3.63) is 47.8 Å². The van der Waals surface area contributed by atoms with Gasteiger partial charge in [-0.2, -0.15) is 4.98 Å². The normalized spacial score (nSPS) is 13.9. The number of carbonyl (C=O) groups excluding carboxylic acids is 1. The number of nitrogens with one attached hydrogen (secondary N) is 1. The van der Waals surface area contributed by atoms with Crippen molar-refractivity contribution in [3.8, 4) is 28.7 Å². The smallest absolute Gasteiger partial charge is 0.292 e. The van der Waals surface area contributed by atoms with Gasteiger partial charge in [-0.3, -0.25) is 4.79 Å². The molecule has 1 fully saturated rings. The molecule has 4 N–H and O–H groups in total. The summed E-state index contributed by atoms with van der Waals surface area (Å²) in [6, 6.07) is 10.4. The van der Waals surface area contributed by atoms with Crippen LogP contribution in [0, 0.1) is 0 Å². The molecule has 1 aliphatic rings. The molecule has 0 bridgehead atoms. The van der Waals surface area contributed by atoms with Crippen molar-refractivity contribution in [3.63, 3.8) is 0 Å². The van der Waals surface area contributed by atoms with Crippen LogP contribution in [0.2, 0.25) is 0 Å². The topological polar surface area (TPSA) is 132 Å². The van der Waals surface area contributed by atoms with Crippen LogP contribution >= 0.6 is 0 Å². The average molecular weight is 410 g/mol. The zero-order valence-electron chi connectivity index (χ0n) is 16.2. The first kappa shape index (κ1) is 19.6. The van der Waals surface area contributed by atoms with E-state index in [0.29, 0.717) is 6.54 Å². The summed E-state index contributed by atoms with van der Waals surface area (Å²) >= 11 is 0. The van der Waals surface area contributed by atoms with E-state index in [2.05, 4.69) is 32.5 Å². The molecule has 1 aromatic heterocycles. The number of hydrogen-bond donors (Lipinski definition) is 4. The molecule has 30 heavy (non-hydrogen) atoms. The molecule has 156 valence electrons. The second kappa shape index (κ2) is 8.32. The number of phenols is 3. The molecule has 0 radical (unpaired) electrons. The zero-order valence-corrected chi connectivity index (χ0v) is 16.2. The van der Waals surface area contributed by atoms with Crippen molar-refractivity contribution in [2.75, 3.05) is 18.0 Å². The number of anilines is 1. The van der Waals surface area contributed by atoms with E-state index >= 15 is 0 Å². The minimum atomic E-state index is -0.650. The highest BCUT2D eigenvalue weighted by Gasteiger charge is 2.18. The average Bonchev–Trinajstić information content (AvgIpc) is 3.27. The summed E-state index contributed by atoms with van der Waals surface area (Å²) in [6.07, 6.45) is 3.65. The van der Waals surface area contributed by atoms with E-state index in [4.69, 9.17) is 4.52 Å². The Kier molecular flexibility index (Phi) is 5.42. The second-order valence-electron chi connectivity index (χ2n) is 7.19. The molecule has 2 aromatic carbocycles. The van der Waals surface area contributed by atoms with Gasteiger partial charge in [0.1, 0.15) is 0 Å². The van der Waals surface area contributed by atoms with Gasteiger partial charge in [0.15, 0.2) is 17.2 Å². The van der Waals surface area contributed by atoms with Gasteiger partial charge in [-0.05, 0) is 49.1 Å². The van der Waals surface area contributed by atoms with E-state index < -0.39 is 23.2 Å². The van der Waals surface area contributed by atoms with Crippen LogP contribution in [0.15, 0.2) is 40.9 Å². The third-order valence-electron chi connectivity index (χ3n) is 5.03. The molecule has 1 saturated heterocycles. The summed E-state index contributed by atoms with van der Waals surface area (Å²) in [4.78, 5) is 18.7. The molecule has 0 spiro atoms. The van der Waals surface area contributed by atoms with Crippen LogP contribution in [-0.4, -0.2) is 44.5 Å². The fourth-order valence-electron chi connectivity index (χ4n) is 3.44.